The molecule has 0 bridgehead atoms. The van der Waals surface area contributed by atoms with E-state index < -0.39 is 15.8 Å². The summed E-state index contributed by atoms with van der Waals surface area (Å²) in [5, 5.41) is 2.89. The Bertz CT molecular complexity index is 536. The number of sulfonamides is 1. The van der Waals surface area contributed by atoms with Crippen LogP contribution in [0.2, 0.25) is 0 Å². The quantitative estimate of drug-likeness (QED) is 0.645. The Morgan fingerprint density at radius 2 is 2.00 bits per heavy atom. The Morgan fingerprint density at radius 3 is 2.62 bits per heavy atom. The van der Waals surface area contributed by atoms with Gasteiger partial charge in [-0.1, -0.05) is 12.5 Å². The van der Waals surface area contributed by atoms with Crippen molar-refractivity contribution in [3.63, 3.8) is 0 Å². The molecule has 1 rings (SSSR count). The fraction of sp³-hybridized carbons (Fsp3) is 0.571. The predicted molar refractivity (Wildman–Crippen MR) is 86.6 cm³/mol. The van der Waals surface area contributed by atoms with Crippen LogP contribution in [0, 0.1) is 5.82 Å². The van der Waals surface area contributed by atoms with Gasteiger partial charge in [0.25, 0.3) is 0 Å². The number of halogens is 1. The first-order valence-corrected chi connectivity index (χ1v) is 9.80. The van der Waals surface area contributed by atoms with Crippen LogP contribution in [0.1, 0.15) is 24.8 Å². The molecule has 4 nitrogen and oxygen atoms in total. The van der Waals surface area contributed by atoms with Crippen molar-refractivity contribution in [2.45, 2.75) is 30.7 Å². The van der Waals surface area contributed by atoms with Gasteiger partial charge in [-0.15, -0.1) is 0 Å². The van der Waals surface area contributed by atoms with Gasteiger partial charge in [0.1, 0.15) is 10.7 Å². The first-order valence-electron chi connectivity index (χ1n) is 6.93. The van der Waals surface area contributed by atoms with Crippen LogP contribution in [-0.4, -0.2) is 34.0 Å². The summed E-state index contributed by atoms with van der Waals surface area (Å²) in [5.74, 6) is 0.367. The van der Waals surface area contributed by atoms with Crippen LogP contribution in [-0.2, 0) is 16.6 Å². The molecule has 21 heavy (non-hydrogen) atoms. The van der Waals surface area contributed by atoms with E-state index in [9.17, 15) is 12.8 Å². The van der Waals surface area contributed by atoms with Crippen molar-refractivity contribution >= 4 is 21.8 Å². The molecule has 0 unspecified atom stereocenters. The lowest BCUT2D eigenvalue weighted by atomic mass is 10.2. The van der Waals surface area contributed by atoms with Crippen molar-refractivity contribution in [2.24, 2.45) is 0 Å². The summed E-state index contributed by atoms with van der Waals surface area (Å²) >= 11 is 1.78. The number of thioether (sulfide) groups is 1. The van der Waals surface area contributed by atoms with E-state index in [-0.39, 0.29) is 4.90 Å². The van der Waals surface area contributed by atoms with E-state index >= 15 is 0 Å². The highest BCUT2D eigenvalue weighted by Gasteiger charge is 2.18. The van der Waals surface area contributed by atoms with Crippen LogP contribution in [0.4, 0.5) is 4.39 Å². The standard InChI is InChI=1S/C14H23FN2O2S2/c1-16-11-12-6-7-14(13(15)10-12)21(18,19)17-8-4-3-5-9-20-2/h6-7,10,16-17H,3-5,8-9,11H2,1-2H3. The molecule has 0 spiro atoms. The van der Waals surface area contributed by atoms with E-state index in [4.69, 9.17) is 0 Å². The van der Waals surface area contributed by atoms with Crippen molar-refractivity contribution in [3.8, 4) is 0 Å². The maximum atomic E-state index is 13.9. The number of nitrogens with one attached hydrogen (secondary N) is 2. The molecule has 1 aromatic rings. The Morgan fingerprint density at radius 1 is 1.24 bits per heavy atom. The molecule has 0 aliphatic rings. The second kappa shape index (κ2) is 9.40. The number of hydrogen-bond acceptors (Lipinski definition) is 4. The molecule has 0 heterocycles. The molecule has 2 N–H and O–H groups in total. The zero-order valence-corrected chi connectivity index (χ0v) is 14.1. The third-order valence-electron chi connectivity index (χ3n) is 2.98. The second-order valence-corrected chi connectivity index (χ2v) is 7.47. The first-order chi connectivity index (χ1) is 10.0. The highest BCUT2D eigenvalue weighted by Crippen LogP contribution is 2.16. The fourth-order valence-electron chi connectivity index (χ4n) is 1.91. The van der Waals surface area contributed by atoms with Gasteiger partial charge in [0.2, 0.25) is 10.0 Å². The van der Waals surface area contributed by atoms with E-state index in [1.165, 1.54) is 12.1 Å². The third-order valence-corrected chi connectivity index (χ3v) is 5.18. The van der Waals surface area contributed by atoms with Crippen LogP contribution in [0.3, 0.4) is 0 Å². The van der Waals surface area contributed by atoms with E-state index in [2.05, 4.69) is 10.0 Å². The normalized spacial score (nSPS) is 11.8. The maximum absolute atomic E-state index is 13.9. The zero-order chi connectivity index (χ0) is 15.7. The fourth-order valence-corrected chi connectivity index (χ4v) is 3.53. The molecule has 0 fully saturated rings. The largest absolute Gasteiger partial charge is 0.316 e. The first kappa shape index (κ1) is 18.4. The number of rotatable bonds is 10. The minimum Gasteiger partial charge on any atom is -0.316 e. The molecule has 0 aromatic heterocycles. The predicted octanol–water partition coefficient (Wildman–Crippen LogP) is 2.36. The van der Waals surface area contributed by atoms with E-state index in [0.29, 0.717) is 18.7 Å². The molecular formula is C14H23FN2O2S2. The van der Waals surface area contributed by atoms with Gasteiger partial charge >= 0.3 is 0 Å². The van der Waals surface area contributed by atoms with Crippen molar-refractivity contribution in [1.29, 1.82) is 0 Å². The number of hydrogen-bond donors (Lipinski definition) is 2. The summed E-state index contributed by atoms with van der Waals surface area (Å²) in [6.07, 6.45) is 4.84. The van der Waals surface area contributed by atoms with Gasteiger partial charge in [0.15, 0.2) is 0 Å². The molecule has 7 heteroatoms. The van der Waals surface area contributed by atoms with Crippen molar-refractivity contribution in [1.82, 2.24) is 10.0 Å². The summed E-state index contributed by atoms with van der Waals surface area (Å²) in [7, 11) is -2.01. The average Bonchev–Trinajstić information content (AvgIpc) is 2.43. The number of unbranched alkanes of at least 4 members (excludes halogenated alkanes) is 2. The van der Waals surface area contributed by atoms with Crippen LogP contribution >= 0.6 is 11.8 Å². The molecule has 0 amide bonds. The molecule has 1 aromatic carbocycles. The monoisotopic (exact) mass is 334 g/mol. The van der Waals surface area contributed by atoms with Gasteiger partial charge < -0.3 is 5.32 Å². The Balaban J connectivity index is 2.57. The maximum Gasteiger partial charge on any atom is 0.243 e. The molecule has 0 aliphatic heterocycles. The van der Waals surface area contributed by atoms with Crippen LogP contribution in [0.15, 0.2) is 23.1 Å². The number of benzene rings is 1. The van der Waals surface area contributed by atoms with E-state index in [1.807, 2.05) is 6.26 Å². The average molecular weight is 334 g/mol. The Kier molecular flexibility index (Phi) is 8.24. The summed E-state index contributed by atoms with van der Waals surface area (Å²) in [6.45, 7) is 0.842. The topological polar surface area (TPSA) is 58.2 Å². The van der Waals surface area contributed by atoms with E-state index in [1.54, 1.807) is 24.9 Å². The molecule has 0 atom stereocenters. The smallest absolute Gasteiger partial charge is 0.243 e. The highest BCUT2D eigenvalue weighted by atomic mass is 32.2. The Hall–Kier alpha value is -0.630. The third kappa shape index (κ3) is 6.34. The molecule has 0 saturated heterocycles. The van der Waals surface area contributed by atoms with Crippen LogP contribution in [0.25, 0.3) is 0 Å². The Labute approximate surface area is 131 Å². The molecule has 0 radical (unpaired) electrons. The van der Waals surface area contributed by atoms with Gasteiger partial charge in [-0.2, -0.15) is 11.8 Å². The van der Waals surface area contributed by atoms with Crippen LogP contribution < -0.4 is 10.0 Å². The van der Waals surface area contributed by atoms with Gasteiger partial charge in [-0.05, 0) is 49.6 Å². The molecular weight excluding hydrogens is 311 g/mol. The highest BCUT2D eigenvalue weighted by molar-refractivity contribution is 7.98. The molecule has 120 valence electrons. The molecule has 0 aliphatic carbocycles. The van der Waals surface area contributed by atoms with Gasteiger partial charge in [0.05, 0.1) is 0 Å². The minimum absolute atomic E-state index is 0.286. The van der Waals surface area contributed by atoms with Crippen molar-refractivity contribution < 1.29 is 12.8 Å². The minimum atomic E-state index is -3.77. The summed E-state index contributed by atoms with van der Waals surface area (Å²) in [5.41, 5.74) is 0.714. The van der Waals surface area contributed by atoms with E-state index in [0.717, 1.165) is 25.0 Å². The molecule has 0 saturated carbocycles. The SMILES string of the molecule is CNCc1ccc(S(=O)(=O)NCCCCCSC)c(F)c1. The lowest BCUT2D eigenvalue weighted by Gasteiger charge is -2.09. The zero-order valence-electron chi connectivity index (χ0n) is 12.5. The summed E-state index contributed by atoms with van der Waals surface area (Å²) in [4.78, 5) is -0.286. The summed E-state index contributed by atoms with van der Waals surface area (Å²) < 4.78 is 40.4. The summed E-state index contributed by atoms with van der Waals surface area (Å²) in [6, 6.07) is 4.19. The van der Waals surface area contributed by atoms with Crippen LogP contribution in [0.5, 0.6) is 0 Å². The van der Waals surface area contributed by atoms with Gasteiger partial charge in [-0.3, -0.25) is 0 Å². The van der Waals surface area contributed by atoms with Crippen molar-refractivity contribution in [3.05, 3.63) is 29.6 Å². The van der Waals surface area contributed by atoms with Gasteiger partial charge in [0, 0.05) is 13.1 Å². The lowest BCUT2D eigenvalue weighted by molar-refractivity contribution is 0.552. The second-order valence-electron chi connectivity index (χ2n) is 4.75. The van der Waals surface area contributed by atoms with Crippen molar-refractivity contribution in [2.75, 3.05) is 25.6 Å². The van der Waals surface area contributed by atoms with Gasteiger partial charge in [-0.25, -0.2) is 17.5 Å². The lowest BCUT2D eigenvalue weighted by Crippen LogP contribution is -2.25.